The first kappa shape index (κ1) is 44.4. The van der Waals surface area contributed by atoms with Gasteiger partial charge in [-0.25, -0.2) is 4.79 Å². The number of carbonyl (C=O) groups is 7. The number of aliphatic carboxylic acids is 1. The van der Waals surface area contributed by atoms with Gasteiger partial charge in [-0.15, -0.1) is 0 Å². The first-order chi connectivity index (χ1) is 22.9. The molecule has 0 aliphatic rings. The number of guanidine groups is 1. The Morgan fingerprint density at radius 1 is 0.694 bits per heavy atom. The molecule has 0 radical (unpaired) electrons. The molecule has 22 nitrogen and oxygen atoms in total. The fraction of sp³-hybridized carbons (Fsp3) is 0.704. The summed E-state index contributed by atoms with van der Waals surface area (Å²) in [5.41, 5.74) is 16.2. The summed E-state index contributed by atoms with van der Waals surface area (Å²) in [4.78, 5) is 90.5. The molecule has 22 heteroatoms. The Morgan fingerprint density at radius 3 is 1.65 bits per heavy atom. The monoisotopic (exact) mass is 706 g/mol. The fourth-order valence-corrected chi connectivity index (χ4v) is 3.97. The molecule has 7 atom stereocenters. The van der Waals surface area contributed by atoms with E-state index in [2.05, 4.69) is 36.9 Å². The van der Waals surface area contributed by atoms with Gasteiger partial charge in [-0.1, -0.05) is 13.8 Å². The SMILES string of the molecule is CC(C)C[C@H](N)C(=O)N[C@@H](CO)C(=O)N[C@H](C(=O)N[C@@H](CO)C(=O)N[C@@H](CO)C(=O)NCC(=O)N[C@@H](CCCN=C(N)N)C(=O)O)[C@@H](C)O. The van der Waals surface area contributed by atoms with Crippen molar-refractivity contribution in [3.63, 3.8) is 0 Å². The highest BCUT2D eigenvalue weighted by Gasteiger charge is 2.33. The average Bonchev–Trinajstić information content (AvgIpc) is 3.02. The third-order valence-corrected chi connectivity index (χ3v) is 6.57. The lowest BCUT2D eigenvalue weighted by molar-refractivity contribution is -0.142. The second-order valence-electron chi connectivity index (χ2n) is 11.3. The number of nitrogens with two attached hydrogens (primary N) is 3. The van der Waals surface area contributed by atoms with Gasteiger partial charge in [0, 0.05) is 6.54 Å². The van der Waals surface area contributed by atoms with E-state index in [-0.39, 0.29) is 37.7 Å². The predicted octanol–water partition coefficient (Wildman–Crippen LogP) is -7.60. The number of hydrogen-bond donors (Lipinski definition) is 14. The third-order valence-electron chi connectivity index (χ3n) is 6.57. The van der Waals surface area contributed by atoms with E-state index < -0.39 is 110 Å². The molecule has 0 bridgehead atoms. The molecule has 0 aliphatic carbocycles. The molecule has 0 aromatic heterocycles. The van der Waals surface area contributed by atoms with Crippen LogP contribution < -0.4 is 49.1 Å². The zero-order valence-electron chi connectivity index (χ0n) is 27.5. The first-order valence-electron chi connectivity index (χ1n) is 15.2. The number of carboxylic acids is 1. The molecular formula is C27H50N10O12. The van der Waals surface area contributed by atoms with Gasteiger partial charge in [0.05, 0.1) is 38.5 Å². The molecule has 0 saturated carbocycles. The lowest BCUT2D eigenvalue weighted by atomic mass is 10.0. The number of rotatable bonds is 23. The largest absolute Gasteiger partial charge is 0.480 e. The molecule has 0 saturated heterocycles. The molecule has 280 valence electrons. The maximum Gasteiger partial charge on any atom is 0.326 e. The number of aliphatic hydroxyl groups is 4. The molecule has 0 spiro atoms. The predicted molar refractivity (Wildman–Crippen MR) is 171 cm³/mol. The van der Waals surface area contributed by atoms with E-state index in [0.29, 0.717) is 0 Å². The van der Waals surface area contributed by atoms with Gasteiger partial charge in [0.25, 0.3) is 0 Å². The van der Waals surface area contributed by atoms with Crippen LogP contribution in [0.3, 0.4) is 0 Å². The van der Waals surface area contributed by atoms with Crippen LogP contribution in [-0.4, -0.2) is 148 Å². The van der Waals surface area contributed by atoms with E-state index in [0.717, 1.165) is 6.92 Å². The zero-order chi connectivity index (χ0) is 37.8. The van der Waals surface area contributed by atoms with Crippen LogP contribution in [0.4, 0.5) is 0 Å². The smallest absolute Gasteiger partial charge is 0.326 e. The molecule has 0 aromatic carbocycles. The van der Waals surface area contributed by atoms with Gasteiger partial charge < -0.3 is 74.6 Å². The molecule has 0 unspecified atom stereocenters. The van der Waals surface area contributed by atoms with Crippen LogP contribution in [0, 0.1) is 5.92 Å². The number of carbonyl (C=O) groups excluding carboxylic acids is 6. The maximum atomic E-state index is 12.9. The summed E-state index contributed by atoms with van der Waals surface area (Å²) < 4.78 is 0. The van der Waals surface area contributed by atoms with Crippen molar-refractivity contribution in [1.82, 2.24) is 31.9 Å². The molecule has 0 heterocycles. The van der Waals surface area contributed by atoms with Crippen LogP contribution in [0.5, 0.6) is 0 Å². The second-order valence-corrected chi connectivity index (χ2v) is 11.3. The van der Waals surface area contributed by atoms with Crippen molar-refractivity contribution >= 4 is 47.4 Å². The number of hydrogen-bond acceptors (Lipinski definition) is 13. The normalized spacial score (nSPS) is 15.2. The van der Waals surface area contributed by atoms with Gasteiger partial charge in [0.15, 0.2) is 5.96 Å². The molecule has 6 amide bonds. The van der Waals surface area contributed by atoms with Crippen molar-refractivity contribution in [2.75, 3.05) is 32.9 Å². The van der Waals surface area contributed by atoms with Gasteiger partial charge in [-0.05, 0) is 32.1 Å². The van der Waals surface area contributed by atoms with Crippen LogP contribution in [-0.2, 0) is 33.6 Å². The minimum Gasteiger partial charge on any atom is -0.480 e. The topological polar surface area (TPSA) is 383 Å². The van der Waals surface area contributed by atoms with Crippen molar-refractivity contribution in [2.24, 2.45) is 28.1 Å². The molecule has 0 rings (SSSR count). The summed E-state index contributed by atoms with van der Waals surface area (Å²) in [7, 11) is 0. The molecule has 49 heavy (non-hydrogen) atoms. The van der Waals surface area contributed by atoms with E-state index in [4.69, 9.17) is 17.2 Å². The van der Waals surface area contributed by atoms with Crippen LogP contribution >= 0.6 is 0 Å². The second kappa shape index (κ2) is 22.8. The van der Waals surface area contributed by atoms with Gasteiger partial charge in [-0.3, -0.25) is 33.8 Å². The van der Waals surface area contributed by atoms with Crippen molar-refractivity contribution in [3.05, 3.63) is 0 Å². The Morgan fingerprint density at radius 2 is 1.18 bits per heavy atom. The summed E-state index contributed by atoms with van der Waals surface area (Å²) in [5.74, 6) is -7.73. The van der Waals surface area contributed by atoms with Crippen molar-refractivity contribution in [2.45, 2.75) is 82.4 Å². The van der Waals surface area contributed by atoms with Crippen molar-refractivity contribution < 1.29 is 59.1 Å². The lowest BCUT2D eigenvalue weighted by Gasteiger charge is -2.26. The van der Waals surface area contributed by atoms with Crippen LogP contribution in [0.25, 0.3) is 0 Å². The van der Waals surface area contributed by atoms with E-state index >= 15 is 0 Å². The third kappa shape index (κ3) is 17.4. The Bertz CT molecular complexity index is 1170. The number of amides is 6. The zero-order valence-corrected chi connectivity index (χ0v) is 27.5. The Kier molecular flexibility index (Phi) is 20.7. The van der Waals surface area contributed by atoms with E-state index in [1.165, 1.54) is 0 Å². The minimum absolute atomic E-state index is 0.0410. The van der Waals surface area contributed by atoms with Gasteiger partial charge >= 0.3 is 5.97 Å². The van der Waals surface area contributed by atoms with Gasteiger partial charge in [0.1, 0.15) is 30.2 Å². The highest BCUT2D eigenvalue weighted by atomic mass is 16.4. The summed E-state index contributed by atoms with van der Waals surface area (Å²) in [6, 6.07) is -9.14. The summed E-state index contributed by atoms with van der Waals surface area (Å²) in [6.45, 7) is 1.15. The number of carboxylic acid groups (broad SMARTS) is 1. The Labute approximate surface area is 282 Å². The summed E-state index contributed by atoms with van der Waals surface area (Å²) in [6.07, 6.45) is -1.14. The van der Waals surface area contributed by atoms with Gasteiger partial charge in [-0.2, -0.15) is 0 Å². The Hall–Kier alpha value is -4.64. The highest BCUT2D eigenvalue weighted by Crippen LogP contribution is 2.04. The fourth-order valence-electron chi connectivity index (χ4n) is 3.97. The first-order valence-corrected chi connectivity index (χ1v) is 15.2. The van der Waals surface area contributed by atoms with Crippen LogP contribution in [0.15, 0.2) is 4.99 Å². The van der Waals surface area contributed by atoms with Crippen LogP contribution in [0.2, 0.25) is 0 Å². The number of aliphatic imine (C=N–C) groups is 1. The average molecular weight is 707 g/mol. The van der Waals surface area contributed by atoms with Gasteiger partial charge in [0.2, 0.25) is 35.4 Å². The number of aliphatic hydroxyl groups excluding tert-OH is 4. The quantitative estimate of drug-likeness (QED) is 0.0266. The van der Waals surface area contributed by atoms with E-state index in [1.807, 2.05) is 13.8 Å². The van der Waals surface area contributed by atoms with Crippen LogP contribution in [0.1, 0.15) is 40.0 Å². The number of nitrogens with one attached hydrogen (secondary N) is 6. The molecule has 0 aromatic rings. The summed E-state index contributed by atoms with van der Waals surface area (Å²) >= 11 is 0. The maximum absolute atomic E-state index is 12.9. The van der Waals surface area contributed by atoms with Crippen molar-refractivity contribution in [1.29, 1.82) is 0 Å². The minimum atomic E-state index is -1.78. The van der Waals surface area contributed by atoms with E-state index in [1.54, 1.807) is 0 Å². The van der Waals surface area contributed by atoms with E-state index in [9.17, 15) is 59.1 Å². The molecular weight excluding hydrogens is 656 g/mol. The number of nitrogens with zero attached hydrogens (tertiary/aromatic N) is 1. The standard InChI is InChI=1S/C27H50N10O12/c1-12(2)7-14(28)21(43)34-18(11-40)24(46)37-20(13(3)41)25(47)36-17(10-39)23(45)35-16(9-38)22(44)32-8-19(42)33-15(26(48)49)5-4-6-31-27(29)30/h12-18,20,38-41H,4-11,28H2,1-3H3,(H,32,44)(H,33,42)(H,34,43)(H,35,45)(H,36,47)(H,37,46)(H,48,49)(H4,29,30,31)/t13-,14+,15+,16+,17+,18+,20+/m1/s1. The molecule has 0 fully saturated rings. The molecule has 17 N–H and O–H groups in total. The van der Waals surface area contributed by atoms with Crippen molar-refractivity contribution in [3.8, 4) is 0 Å². The highest BCUT2D eigenvalue weighted by molar-refractivity contribution is 5.96. The Balaban J connectivity index is 5.28. The lowest BCUT2D eigenvalue weighted by Crippen LogP contribution is -2.62. The summed E-state index contributed by atoms with van der Waals surface area (Å²) in [5, 5.41) is 61.2. The molecule has 0 aliphatic heterocycles.